The highest BCUT2D eigenvalue weighted by molar-refractivity contribution is 6.06. The lowest BCUT2D eigenvalue weighted by atomic mass is 10.0. The number of carbonyl (C=O) groups is 1. The van der Waals surface area contributed by atoms with Crippen LogP contribution in [0.5, 0.6) is 0 Å². The van der Waals surface area contributed by atoms with Crippen molar-refractivity contribution in [3.8, 4) is 11.1 Å². The van der Waals surface area contributed by atoms with Gasteiger partial charge in [-0.1, -0.05) is 6.07 Å². The number of aromatic nitrogens is 4. The Balaban J connectivity index is 1.77. The van der Waals surface area contributed by atoms with Gasteiger partial charge in [-0.3, -0.25) is 19.0 Å². The highest BCUT2D eigenvalue weighted by Crippen LogP contribution is 2.26. The van der Waals surface area contributed by atoms with Gasteiger partial charge in [0.05, 0.1) is 23.8 Å². The maximum absolute atomic E-state index is 11.8. The number of rotatable bonds is 2. The van der Waals surface area contributed by atoms with Gasteiger partial charge < -0.3 is 10.6 Å². The van der Waals surface area contributed by atoms with Crippen LogP contribution >= 0.6 is 0 Å². The van der Waals surface area contributed by atoms with Crippen LogP contribution in [0, 0.1) is 0 Å². The molecule has 0 unspecified atom stereocenters. The van der Waals surface area contributed by atoms with Gasteiger partial charge in [0.25, 0.3) is 0 Å². The maximum atomic E-state index is 11.8. The van der Waals surface area contributed by atoms with Crippen LogP contribution in [-0.2, 0) is 11.8 Å². The third-order valence-electron chi connectivity index (χ3n) is 5.19. The Morgan fingerprint density at radius 2 is 2.11 bits per heavy atom. The average molecular weight is 377 g/mol. The molecule has 0 bridgehead atoms. The van der Waals surface area contributed by atoms with Crippen LogP contribution in [0.2, 0.25) is 0 Å². The lowest BCUT2D eigenvalue weighted by Gasteiger charge is -2.30. The molecule has 8 heteroatoms. The van der Waals surface area contributed by atoms with Crippen molar-refractivity contribution in [2.45, 2.75) is 13.3 Å². The second-order valence-electron chi connectivity index (χ2n) is 6.95. The van der Waals surface area contributed by atoms with Gasteiger partial charge in [-0.25, -0.2) is 4.98 Å². The van der Waals surface area contributed by atoms with Gasteiger partial charge in [0.15, 0.2) is 0 Å². The second kappa shape index (κ2) is 6.95. The van der Waals surface area contributed by atoms with Crippen LogP contribution < -0.4 is 5.73 Å². The number of amides is 1. The summed E-state index contributed by atoms with van der Waals surface area (Å²) in [5.41, 5.74) is 12.2. The zero-order chi connectivity index (χ0) is 19.8. The minimum atomic E-state index is 0.0389. The Bertz CT molecular complexity index is 1120. The summed E-state index contributed by atoms with van der Waals surface area (Å²) >= 11 is 0. The highest BCUT2D eigenvalue weighted by Gasteiger charge is 2.24. The van der Waals surface area contributed by atoms with Crippen molar-refractivity contribution >= 4 is 28.5 Å². The van der Waals surface area contributed by atoms with E-state index in [-0.39, 0.29) is 5.91 Å². The molecular formula is C20H23N7O. The van der Waals surface area contributed by atoms with Gasteiger partial charge in [0.1, 0.15) is 12.1 Å². The Labute approximate surface area is 163 Å². The van der Waals surface area contributed by atoms with E-state index in [0.717, 1.165) is 33.4 Å². The smallest absolute Gasteiger partial charge is 0.219 e. The van der Waals surface area contributed by atoms with Gasteiger partial charge >= 0.3 is 0 Å². The molecule has 0 spiro atoms. The van der Waals surface area contributed by atoms with E-state index >= 15 is 0 Å². The minimum Gasteiger partial charge on any atom is -0.384 e. The first-order chi connectivity index (χ1) is 13.5. The van der Waals surface area contributed by atoms with Crippen molar-refractivity contribution in [1.29, 1.82) is 0 Å². The first kappa shape index (κ1) is 18.0. The lowest BCUT2D eigenvalue weighted by Crippen LogP contribution is -2.40. The topological polar surface area (TPSA) is 94.3 Å². The third-order valence-corrected chi connectivity index (χ3v) is 5.19. The molecule has 2 N–H and O–H groups in total. The normalized spacial score (nSPS) is 18.1. The van der Waals surface area contributed by atoms with Gasteiger partial charge in [0.2, 0.25) is 5.91 Å². The van der Waals surface area contributed by atoms with Crippen LogP contribution in [0.3, 0.4) is 0 Å². The number of nitrogens with two attached hydrogens (primary N) is 1. The van der Waals surface area contributed by atoms with Crippen molar-refractivity contribution < 1.29 is 4.79 Å². The number of hydrogen-bond donors (Lipinski definition) is 1. The SMILES string of the molecule is CN=C1CCN(C(C)=O)CC1=C(N)n1cnc2cc(-c3cnn(C)c3)ccc21. The quantitative estimate of drug-likeness (QED) is 0.738. The van der Waals surface area contributed by atoms with Crippen LogP contribution in [0.4, 0.5) is 0 Å². The fourth-order valence-corrected chi connectivity index (χ4v) is 3.60. The van der Waals surface area contributed by atoms with E-state index in [4.69, 9.17) is 5.73 Å². The first-order valence-corrected chi connectivity index (χ1v) is 9.14. The molecule has 144 valence electrons. The van der Waals surface area contributed by atoms with Gasteiger partial charge in [-0.15, -0.1) is 0 Å². The zero-order valence-corrected chi connectivity index (χ0v) is 16.3. The predicted molar refractivity (Wildman–Crippen MR) is 110 cm³/mol. The maximum Gasteiger partial charge on any atom is 0.219 e. The van der Waals surface area contributed by atoms with E-state index in [1.807, 2.05) is 42.2 Å². The highest BCUT2D eigenvalue weighted by atomic mass is 16.2. The van der Waals surface area contributed by atoms with Crippen molar-refractivity contribution in [1.82, 2.24) is 24.2 Å². The van der Waals surface area contributed by atoms with Gasteiger partial charge in [-0.2, -0.15) is 5.10 Å². The van der Waals surface area contributed by atoms with E-state index in [9.17, 15) is 4.79 Å². The standard InChI is InChI=1S/C20H23N7O/c1-13(28)26-7-6-17(22-2)16(11-26)20(21)27-12-23-18-8-14(4-5-19(18)27)15-9-24-25(3)10-15/h4-5,8-10,12H,6-7,11,21H2,1-3H3. The van der Waals surface area contributed by atoms with Crippen molar-refractivity contribution in [3.63, 3.8) is 0 Å². The molecule has 1 saturated heterocycles. The number of likely N-dealkylation sites (tertiary alicyclic amines) is 1. The molecule has 1 fully saturated rings. The third kappa shape index (κ3) is 3.06. The molecule has 8 nitrogen and oxygen atoms in total. The predicted octanol–water partition coefficient (Wildman–Crippen LogP) is 1.89. The summed E-state index contributed by atoms with van der Waals surface area (Å²) in [6.07, 6.45) is 6.22. The monoisotopic (exact) mass is 377 g/mol. The van der Waals surface area contributed by atoms with Crippen LogP contribution in [0.1, 0.15) is 13.3 Å². The molecule has 1 amide bonds. The summed E-state index contributed by atoms with van der Waals surface area (Å²) in [6, 6.07) is 6.07. The van der Waals surface area contributed by atoms with Crippen molar-refractivity contribution in [2.75, 3.05) is 20.1 Å². The molecule has 1 aromatic carbocycles. The van der Waals surface area contributed by atoms with E-state index in [1.165, 1.54) is 0 Å². The number of benzene rings is 1. The largest absolute Gasteiger partial charge is 0.384 e. The number of imidazole rings is 1. The van der Waals surface area contributed by atoms with E-state index < -0.39 is 0 Å². The molecule has 2 aromatic heterocycles. The molecule has 3 heterocycles. The molecular weight excluding hydrogens is 354 g/mol. The molecule has 4 rings (SSSR count). The van der Waals surface area contributed by atoms with E-state index in [0.29, 0.717) is 25.3 Å². The minimum absolute atomic E-state index is 0.0389. The molecule has 0 aliphatic carbocycles. The Hall–Kier alpha value is -3.42. The number of aliphatic imine (C=N–C) groups is 1. The van der Waals surface area contributed by atoms with Crippen molar-refractivity contribution in [2.24, 2.45) is 17.8 Å². The summed E-state index contributed by atoms with van der Waals surface area (Å²) in [5, 5.41) is 4.22. The molecule has 1 aliphatic heterocycles. The van der Waals surface area contributed by atoms with E-state index in [2.05, 4.69) is 15.1 Å². The van der Waals surface area contributed by atoms with Crippen LogP contribution in [0.15, 0.2) is 47.5 Å². The Kier molecular flexibility index (Phi) is 4.46. The molecule has 0 atom stereocenters. The van der Waals surface area contributed by atoms with E-state index in [1.54, 1.807) is 29.9 Å². The number of aryl methyl sites for hydroxylation is 1. The zero-order valence-electron chi connectivity index (χ0n) is 16.3. The molecule has 0 radical (unpaired) electrons. The van der Waals surface area contributed by atoms with Crippen LogP contribution in [0.25, 0.3) is 28.0 Å². The summed E-state index contributed by atoms with van der Waals surface area (Å²) in [7, 11) is 3.66. The van der Waals surface area contributed by atoms with Gasteiger partial charge in [-0.05, 0) is 17.7 Å². The Morgan fingerprint density at radius 3 is 2.79 bits per heavy atom. The number of hydrogen-bond acceptors (Lipinski definition) is 5. The summed E-state index contributed by atoms with van der Waals surface area (Å²) in [6.45, 7) is 2.70. The number of carbonyl (C=O) groups excluding carboxylic acids is 1. The van der Waals surface area contributed by atoms with Crippen molar-refractivity contribution in [3.05, 3.63) is 42.5 Å². The number of piperidine rings is 1. The first-order valence-electron chi connectivity index (χ1n) is 9.14. The Morgan fingerprint density at radius 1 is 1.29 bits per heavy atom. The summed E-state index contributed by atoms with van der Waals surface area (Å²) in [5.74, 6) is 0.597. The lowest BCUT2D eigenvalue weighted by molar-refractivity contribution is -0.128. The number of fused-ring (bicyclic) bond motifs is 1. The molecule has 28 heavy (non-hydrogen) atoms. The molecule has 3 aromatic rings. The fourth-order valence-electron chi connectivity index (χ4n) is 3.60. The summed E-state index contributed by atoms with van der Waals surface area (Å²) < 4.78 is 3.64. The molecule has 1 aliphatic rings. The molecule has 0 saturated carbocycles. The van der Waals surface area contributed by atoms with Crippen LogP contribution in [-0.4, -0.2) is 56.0 Å². The average Bonchev–Trinajstić information content (AvgIpc) is 3.32. The summed E-state index contributed by atoms with van der Waals surface area (Å²) in [4.78, 5) is 22.5. The fraction of sp³-hybridized carbons (Fsp3) is 0.300. The number of nitrogens with zero attached hydrogens (tertiary/aromatic N) is 6. The van der Waals surface area contributed by atoms with Gasteiger partial charge in [0, 0.05) is 57.0 Å². The second-order valence-corrected chi connectivity index (χ2v) is 6.95.